The fourth-order valence-corrected chi connectivity index (χ4v) is 4.10. The largest absolute Gasteiger partial charge is 0.422 e. The lowest BCUT2D eigenvalue weighted by atomic mass is 10.4. The molecule has 1 aromatic heterocycles. The van der Waals surface area contributed by atoms with Crippen LogP contribution in [-0.2, 0) is 16.3 Å². The summed E-state index contributed by atoms with van der Waals surface area (Å²) in [4.78, 5) is 4.09. The Morgan fingerprint density at radius 1 is 1.16 bits per heavy atom. The highest BCUT2D eigenvalue weighted by atomic mass is 35.5. The number of pyridine rings is 1. The number of halogens is 1. The van der Waals surface area contributed by atoms with Crippen LogP contribution in [0.2, 0.25) is 5.15 Å². The first-order valence-corrected chi connectivity index (χ1v) is 8.78. The van der Waals surface area contributed by atoms with Gasteiger partial charge in [0.25, 0.3) is 6.49 Å². The molecule has 0 amide bonds. The van der Waals surface area contributed by atoms with Gasteiger partial charge < -0.3 is 9.05 Å². The van der Waals surface area contributed by atoms with E-state index < -0.39 is 6.49 Å². The maximum atomic E-state index is 5.84. The number of hydrogen-bond donors (Lipinski definition) is 0. The molecule has 1 unspecified atom stereocenters. The van der Waals surface area contributed by atoms with Gasteiger partial charge in [0.15, 0.2) is 0 Å². The van der Waals surface area contributed by atoms with Crippen molar-refractivity contribution in [2.75, 3.05) is 6.61 Å². The Bertz CT molecular complexity index is 594. The van der Waals surface area contributed by atoms with E-state index in [1.54, 1.807) is 18.2 Å². The molecule has 0 saturated carbocycles. The molecule has 0 saturated heterocycles. The quantitative estimate of drug-likeness (QED) is 0.621. The van der Waals surface area contributed by atoms with E-state index in [0.717, 1.165) is 5.30 Å². The van der Waals surface area contributed by atoms with Crippen LogP contribution in [0, 0.1) is 0 Å². The minimum absolute atomic E-state index is 0.364. The number of hydrogen-bond acceptors (Lipinski definition) is 4. The third kappa shape index (κ3) is 3.77. The smallest absolute Gasteiger partial charge is 0.270 e. The van der Waals surface area contributed by atoms with E-state index in [1.807, 2.05) is 37.3 Å². The van der Waals surface area contributed by atoms with E-state index in [-0.39, 0.29) is 0 Å². The van der Waals surface area contributed by atoms with Crippen LogP contribution in [0.3, 0.4) is 0 Å². The molecular formula is C13H13ClNO2PS. The van der Waals surface area contributed by atoms with Crippen LogP contribution in [0.15, 0.2) is 48.5 Å². The lowest BCUT2D eigenvalue weighted by Gasteiger charge is -2.22. The van der Waals surface area contributed by atoms with Crippen molar-refractivity contribution >= 4 is 35.2 Å². The highest BCUT2D eigenvalue weighted by Gasteiger charge is 2.23. The SMILES string of the molecule is CCOP(=S)(Oc1cccc(Cl)n1)c1ccccc1. The highest BCUT2D eigenvalue weighted by molar-refractivity contribution is 8.13. The molecule has 19 heavy (non-hydrogen) atoms. The Hall–Kier alpha value is -0.930. The van der Waals surface area contributed by atoms with Gasteiger partial charge in [0.2, 0.25) is 5.88 Å². The van der Waals surface area contributed by atoms with Gasteiger partial charge >= 0.3 is 0 Å². The average molecular weight is 314 g/mol. The van der Waals surface area contributed by atoms with Gasteiger partial charge in [-0.3, -0.25) is 0 Å². The topological polar surface area (TPSA) is 31.4 Å². The summed E-state index contributed by atoms with van der Waals surface area (Å²) in [7, 11) is 0. The summed E-state index contributed by atoms with van der Waals surface area (Å²) in [6.45, 7) is -0.235. The Balaban J connectivity index is 2.33. The zero-order valence-corrected chi connectivity index (χ0v) is 12.8. The molecule has 2 rings (SSSR count). The zero-order valence-electron chi connectivity index (χ0n) is 10.3. The molecular weight excluding hydrogens is 301 g/mol. The zero-order chi connectivity index (χ0) is 13.7. The van der Waals surface area contributed by atoms with Crippen LogP contribution < -0.4 is 9.83 Å². The maximum Gasteiger partial charge on any atom is 0.270 e. The molecule has 3 nitrogen and oxygen atoms in total. The van der Waals surface area contributed by atoms with Crippen LogP contribution in [0.25, 0.3) is 0 Å². The van der Waals surface area contributed by atoms with E-state index in [2.05, 4.69) is 4.98 Å². The molecule has 1 aromatic carbocycles. The molecule has 0 fully saturated rings. The van der Waals surface area contributed by atoms with Gasteiger partial charge in [0, 0.05) is 11.4 Å². The van der Waals surface area contributed by atoms with Crippen molar-refractivity contribution in [3.63, 3.8) is 0 Å². The van der Waals surface area contributed by atoms with Gasteiger partial charge in [-0.15, -0.1) is 0 Å². The molecule has 0 N–H and O–H groups in total. The minimum atomic E-state index is -2.60. The third-order valence-corrected chi connectivity index (χ3v) is 5.61. The molecule has 100 valence electrons. The normalized spacial score (nSPS) is 13.8. The first kappa shape index (κ1) is 14.5. The summed E-state index contributed by atoms with van der Waals surface area (Å²) in [5.74, 6) is 0.383. The second kappa shape index (κ2) is 6.49. The van der Waals surface area contributed by atoms with E-state index in [4.69, 9.17) is 32.5 Å². The average Bonchev–Trinajstić information content (AvgIpc) is 2.40. The van der Waals surface area contributed by atoms with Gasteiger partial charge in [-0.1, -0.05) is 35.9 Å². The van der Waals surface area contributed by atoms with Gasteiger partial charge in [-0.25, -0.2) is 4.98 Å². The predicted molar refractivity (Wildman–Crippen MR) is 81.9 cm³/mol. The molecule has 0 aliphatic rings. The summed E-state index contributed by atoms with van der Waals surface area (Å²) in [6, 6.07) is 14.7. The Morgan fingerprint density at radius 2 is 1.89 bits per heavy atom. The van der Waals surface area contributed by atoms with Crippen molar-refractivity contribution in [3.05, 3.63) is 53.7 Å². The molecule has 2 aromatic rings. The van der Waals surface area contributed by atoms with E-state index >= 15 is 0 Å². The molecule has 0 radical (unpaired) electrons. The highest BCUT2D eigenvalue weighted by Crippen LogP contribution is 2.47. The number of aromatic nitrogens is 1. The lowest BCUT2D eigenvalue weighted by Crippen LogP contribution is -2.12. The third-order valence-electron chi connectivity index (χ3n) is 2.27. The predicted octanol–water partition coefficient (Wildman–Crippen LogP) is 3.79. The summed E-state index contributed by atoms with van der Waals surface area (Å²) in [5.41, 5.74) is 0. The molecule has 6 heteroatoms. The molecule has 1 atom stereocenters. The fourth-order valence-electron chi connectivity index (χ4n) is 1.50. The van der Waals surface area contributed by atoms with Gasteiger partial charge in [-0.05, 0) is 36.9 Å². The second-order valence-corrected chi connectivity index (χ2v) is 7.42. The molecule has 0 bridgehead atoms. The van der Waals surface area contributed by atoms with Crippen LogP contribution in [0.4, 0.5) is 0 Å². The van der Waals surface area contributed by atoms with Crippen LogP contribution >= 0.6 is 18.1 Å². The number of nitrogens with zero attached hydrogens (tertiary/aromatic N) is 1. The van der Waals surface area contributed by atoms with E-state index in [1.165, 1.54) is 0 Å². The molecule has 1 heterocycles. The van der Waals surface area contributed by atoms with Crippen LogP contribution in [0.1, 0.15) is 6.92 Å². The summed E-state index contributed by atoms with van der Waals surface area (Å²) < 4.78 is 11.5. The summed E-state index contributed by atoms with van der Waals surface area (Å²) >= 11 is 11.4. The van der Waals surface area contributed by atoms with Crippen molar-refractivity contribution in [2.24, 2.45) is 0 Å². The number of rotatable bonds is 5. The first-order valence-electron chi connectivity index (χ1n) is 5.76. The van der Waals surface area contributed by atoms with E-state index in [0.29, 0.717) is 17.6 Å². The van der Waals surface area contributed by atoms with Gasteiger partial charge in [-0.2, -0.15) is 0 Å². The maximum absolute atomic E-state index is 5.84. The van der Waals surface area contributed by atoms with Crippen LogP contribution in [0.5, 0.6) is 5.88 Å². The lowest BCUT2D eigenvalue weighted by molar-refractivity contribution is 0.336. The van der Waals surface area contributed by atoms with Crippen molar-refractivity contribution in [3.8, 4) is 5.88 Å². The standard InChI is InChI=1S/C13H13ClNO2PS/c1-2-16-18(19,11-7-4-3-5-8-11)17-13-10-6-9-12(14)15-13/h3-10H,2H2,1H3. The summed E-state index contributed by atoms with van der Waals surface area (Å²) in [6.07, 6.45) is 0. The molecule has 0 aliphatic carbocycles. The Kier molecular flexibility index (Phi) is 4.94. The minimum Gasteiger partial charge on any atom is -0.422 e. The Morgan fingerprint density at radius 3 is 2.53 bits per heavy atom. The van der Waals surface area contributed by atoms with Crippen molar-refractivity contribution in [1.29, 1.82) is 0 Å². The Labute approximate surface area is 122 Å². The van der Waals surface area contributed by atoms with Gasteiger partial charge in [0.1, 0.15) is 5.15 Å². The fraction of sp³-hybridized carbons (Fsp3) is 0.154. The van der Waals surface area contributed by atoms with Crippen LogP contribution in [-0.4, -0.2) is 11.6 Å². The molecule has 0 spiro atoms. The van der Waals surface area contributed by atoms with E-state index in [9.17, 15) is 0 Å². The molecule has 0 aliphatic heterocycles. The second-order valence-electron chi connectivity index (χ2n) is 3.64. The number of benzene rings is 1. The van der Waals surface area contributed by atoms with Crippen molar-refractivity contribution in [2.45, 2.75) is 6.92 Å². The monoisotopic (exact) mass is 313 g/mol. The summed E-state index contributed by atoms with van der Waals surface area (Å²) in [5, 5.41) is 1.22. The first-order chi connectivity index (χ1) is 9.14. The van der Waals surface area contributed by atoms with Crippen molar-refractivity contribution < 1.29 is 9.05 Å². The van der Waals surface area contributed by atoms with Crippen molar-refractivity contribution in [1.82, 2.24) is 4.98 Å². The van der Waals surface area contributed by atoms with Gasteiger partial charge in [0.05, 0.1) is 6.61 Å².